The number of imidazole rings is 1. The molecular weight excluding hydrogens is 366 g/mol. The van der Waals surface area contributed by atoms with Crippen molar-refractivity contribution in [1.82, 2.24) is 24.6 Å². The molecule has 0 unspecified atom stereocenters. The van der Waals surface area contributed by atoms with Crippen molar-refractivity contribution in [3.8, 4) is 0 Å². The van der Waals surface area contributed by atoms with Crippen molar-refractivity contribution in [2.75, 3.05) is 0 Å². The van der Waals surface area contributed by atoms with Crippen molar-refractivity contribution in [3.05, 3.63) is 94.4 Å². The minimum Gasteiger partial charge on any atom is -0.350 e. The van der Waals surface area contributed by atoms with E-state index in [0.717, 1.165) is 28.8 Å². The molecule has 0 fully saturated rings. The molecule has 29 heavy (non-hydrogen) atoms. The van der Waals surface area contributed by atoms with E-state index in [1.807, 2.05) is 60.2 Å². The summed E-state index contributed by atoms with van der Waals surface area (Å²) in [5.74, 6) is -0.255. The van der Waals surface area contributed by atoms with Crippen molar-refractivity contribution < 1.29 is 4.79 Å². The molecule has 0 atom stereocenters. The second-order valence-electron chi connectivity index (χ2n) is 6.93. The number of nitrogens with one attached hydrogen (secondary N) is 1. The van der Waals surface area contributed by atoms with E-state index in [9.17, 15) is 9.59 Å². The number of aromatic nitrogens is 4. The molecule has 2 aromatic carbocycles. The molecule has 0 aliphatic heterocycles. The van der Waals surface area contributed by atoms with Gasteiger partial charge in [-0.15, -0.1) is 0 Å². The normalized spacial score (nSPS) is 10.9. The minimum absolute atomic E-state index is 0.112. The molecule has 0 saturated heterocycles. The Hall–Kier alpha value is -3.74. The number of aryl methyl sites for hydroxylation is 1. The average Bonchev–Trinajstić information content (AvgIpc) is 3.24. The highest BCUT2D eigenvalue weighted by Crippen LogP contribution is 2.11. The SMILES string of the molecule is Cc1nn(CC(=O)NCc2cccc(Cn3ccnc3)c2)c(=O)c2ccccc12. The minimum atomic E-state index is -0.260. The molecule has 0 aliphatic rings. The Morgan fingerprint density at radius 2 is 1.86 bits per heavy atom. The van der Waals surface area contributed by atoms with Gasteiger partial charge in [-0.2, -0.15) is 5.10 Å². The molecule has 0 aliphatic carbocycles. The highest BCUT2D eigenvalue weighted by atomic mass is 16.2. The summed E-state index contributed by atoms with van der Waals surface area (Å²) in [5.41, 5.74) is 2.58. The van der Waals surface area contributed by atoms with Crippen molar-refractivity contribution in [1.29, 1.82) is 0 Å². The summed E-state index contributed by atoms with van der Waals surface area (Å²) in [6.07, 6.45) is 5.42. The number of carbonyl (C=O) groups excluding carboxylic acids is 1. The summed E-state index contributed by atoms with van der Waals surface area (Å²) >= 11 is 0. The molecule has 7 nitrogen and oxygen atoms in total. The summed E-state index contributed by atoms with van der Waals surface area (Å²) in [6, 6.07) is 15.3. The number of nitrogens with zero attached hydrogens (tertiary/aromatic N) is 4. The van der Waals surface area contributed by atoms with E-state index in [0.29, 0.717) is 11.9 Å². The molecule has 1 amide bonds. The van der Waals surface area contributed by atoms with Gasteiger partial charge in [0, 0.05) is 30.9 Å². The summed E-state index contributed by atoms with van der Waals surface area (Å²) in [5, 5.41) is 8.54. The number of rotatable bonds is 6. The highest BCUT2D eigenvalue weighted by molar-refractivity contribution is 5.83. The maximum absolute atomic E-state index is 12.6. The first-order valence-corrected chi connectivity index (χ1v) is 9.37. The monoisotopic (exact) mass is 387 g/mol. The first-order valence-electron chi connectivity index (χ1n) is 9.37. The first kappa shape index (κ1) is 18.6. The second-order valence-corrected chi connectivity index (χ2v) is 6.93. The summed E-state index contributed by atoms with van der Waals surface area (Å²) in [4.78, 5) is 29.0. The Labute approximate surface area is 167 Å². The number of benzene rings is 2. The van der Waals surface area contributed by atoms with Crippen LogP contribution in [-0.4, -0.2) is 25.2 Å². The number of amides is 1. The van der Waals surface area contributed by atoms with Crippen LogP contribution in [0.15, 0.2) is 72.0 Å². The predicted molar refractivity (Wildman–Crippen MR) is 110 cm³/mol. The van der Waals surface area contributed by atoms with E-state index in [1.54, 1.807) is 18.6 Å². The number of hydrogen-bond donors (Lipinski definition) is 1. The summed E-state index contributed by atoms with van der Waals surface area (Å²) in [6.45, 7) is 2.83. The third-order valence-corrected chi connectivity index (χ3v) is 4.75. The fourth-order valence-electron chi connectivity index (χ4n) is 3.33. The lowest BCUT2D eigenvalue weighted by atomic mass is 10.1. The quantitative estimate of drug-likeness (QED) is 0.550. The molecule has 2 heterocycles. The van der Waals surface area contributed by atoms with Crippen LogP contribution in [0.4, 0.5) is 0 Å². The molecule has 4 aromatic rings. The van der Waals surface area contributed by atoms with Crippen LogP contribution < -0.4 is 10.9 Å². The summed E-state index contributed by atoms with van der Waals surface area (Å²) < 4.78 is 3.21. The Kier molecular flexibility index (Phi) is 5.20. The van der Waals surface area contributed by atoms with Crippen LogP contribution >= 0.6 is 0 Å². The molecule has 2 aromatic heterocycles. The second kappa shape index (κ2) is 8.10. The van der Waals surface area contributed by atoms with Crippen LogP contribution in [0.2, 0.25) is 0 Å². The Balaban J connectivity index is 1.43. The lowest BCUT2D eigenvalue weighted by Crippen LogP contribution is -2.33. The first-order chi connectivity index (χ1) is 14.1. The maximum Gasteiger partial charge on any atom is 0.275 e. The Bertz CT molecular complexity index is 1210. The number of carbonyl (C=O) groups is 1. The van der Waals surface area contributed by atoms with E-state index in [2.05, 4.69) is 15.4 Å². The fourth-order valence-corrected chi connectivity index (χ4v) is 3.33. The third-order valence-electron chi connectivity index (χ3n) is 4.75. The van der Waals surface area contributed by atoms with E-state index in [4.69, 9.17) is 0 Å². The van der Waals surface area contributed by atoms with Gasteiger partial charge in [0.15, 0.2) is 0 Å². The van der Waals surface area contributed by atoms with Crippen molar-refractivity contribution >= 4 is 16.7 Å². The van der Waals surface area contributed by atoms with Crippen molar-refractivity contribution in [2.45, 2.75) is 26.6 Å². The van der Waals surface area contributed by atoms with Crippen LogP contribution in [0.1, 0.15) is 16.8 Å². The van der Waals surface area contributed by atoms with Gasteiger partial charge in [-0.1, -0.05) is 42.5 Å². The molecule has 0 saturated carbocycles. The van der Waals surface area contributed by atoms with E-state index >= 15 is 0 Å². The maximum atomic E-state index is 12.6. The summed E-state index contributed by atoms with van der Waals surface area (Å²) in [7, 11) is 0. The molecule has 0 radical (unpaired) electrons. The van der Waals surface area contributed by atoms with E-state index < -0.39 is 0 Å². The lowest BCUT2D eigenvalue weighted by molar-refractivity contribution is -0.122. The van der Waals surface area contributed by atoms with Crippen molar-refractivity contribution in [2.24, 2.45) is 0 Å². The van der Waals surface area contributed by atoms with Crippen LogP contribution in [-0.2, 0) is 24.4 Å². The van der Waals surface area contributed by atoms with E-state index in [1.165, 1.54) is 4.68 Å². The zero-order valence-electron chi connectivity index (χ0n) is 16.1. The molecule has 4 rings (SSSR count). The topological polar surface area (TPSA) is 81.8 Å². The smallest absolute Gasteiger partial charge is 0.275 e. The van der Waals surface area contributed by atoms with Crippen LogP contribution in [0.5, 0.6) is 0 Å². The third kappa shape index (κ3) is 4.24. The molecule has 7 heteroatoms. The van der Waals surface area contributed by atoms with Gasteiger partial charge in [-0.25, -0.2) is 9.67 Å². The van der Waals surface area contributed by atoms with Gasteiger partial charge in [0.25, 0.3) is 5.56 Å². The number of hydrogen-bond acceptors (Lipinski definition) is 4. The number of fused-ring (bicyclic) bond motifs is 1. The molecule has 146 valence electrons. The molecule has 0 spiro atoms. The molecule has 0 bridgehead atoms. The van der Waals surface area contributed by atoms with Gasteiger partial charge < -0.3 is 9.88 Å². The van der Waals surface area contributed by atoms with Crippen LogP contribution in [0, 0.1) is 6.92 Å². The zero-order valence-corrected chi connectivity index (χ0v) is 16.1. The molecule has 1 N–H and O–H groups in total. The predicted octanol–water partition coefficient (Wildman–Crippen LogP) is 2.27. The average molecular weight is 387 g/mol. The highest BCUT2D eigenvalue weighted by Gasteiger charge is 2.10. The van der Waals surface area contributed by atoms with Crippen LogP contribution in [0.25, 0.3) is 10.8 Å². The van der Waals surface area contributed by atoms with Gasteiger partial charge in [0.1, 0.15) is 6.54 Å². The van der Waals surface area contributed by atoms with E-state index in [-0.39, 0.29) is 18.0 Å². The van der Waals surface area contributed by atoms with Gasteiger partial charge in [0.2, 0.25) is 5.91 Å². The standard InChI is InChI=1S/C22H21N5O2/c1-16-19-7-2-3-8-20(19)22(29)27(25-16)14-21(28)24-12-17-5-4-6-18(11-17)13-26-10-9-23-15-26/h2-11,15H,12-14H2,1H3,(H,24,28). The van der Waals surface area contributed by atoms with Crippen molar-refractivity contribution in [3.63, 3.8) is 0 Å². The fraction of sp³-hybridized carbons (Fsp3) is 0.182. The lowest BCUT2D eigenvalue weighted by Gasteiger charge is -2.10. The molecular formula is C22H21N5O2. The van der Waals surface area contributed by atoms with Gasteiger partial charge >= 0.3 is 0 Å². The Morgan fingerprint density at radius 1 is 1.07 bits per heavy atom. The van der Waals surface area contributed by atoms with Gasteiger partial charge in [-0.3, -0.25) is 9.59 Å². The largest absolute Gasteiger partial charge is 0.350 e. The van der Waals surface area contributed by atoms with Gasteiger partial charge in [0.05, 0.1) is 17.4 Å². The van der Waals surface area contributed by atoms with Crippen LogP contribution in [0.3, 0.4) is 0 Å². The Morgan fingerprint density at radius 3 is 2.66 bits per heavy atom. The zero-order chi connectivity index (χ0) is 20.2. The van der Waals surface area contributed by atoms with Gasteiger partial charge in [-0.05, 0) is 24.1 Å².